The largest absolute Gasteiger partial charge is 0.495 e. The molecule has 7 nitrogen and oxygen atoms in total. The summed E-state index contributed by atoms with van der Waals surface area (Å²) in [6, 6.07) is 9.04. The zero-order chi connectivity index (χ0) is 22.0. The van der Waals surface area contributed by atoms with E-state index >= 15 is 0 Å². The second kappa shape index (κ2) is 9.11. The number of carbonyl (C=O) groups excluding carboxylic acids is 1. The fourth-order valence-electron chi connectivity index (χ4n) is 3.39. The first-order chi connectivity index (χ1) is 15.0. The molecule has 2 aromatic rings. The van der Waals surface area contributed by atoms with Crippen molar-refractivity contribution in [1.29, 1.82) is 5.41 Å². The lowest BCUT2D eigenvalue weighted by molar-refractivity contribution is -0.114. The predicted molar refractivity (Wildman–Crippen MR) is 126 cm³/mol. The van der Waals surface area contributed by atoms with Crippen LogP contribution in [0, 0.1) is 5.41 Å². The highest BCUT2D eigenvalue weighted by Gasteiger charge is 2.35. The van der Waals surface area contributed by atoms with Crippen molar-refractivity contribution in [3.63, 3.8) is 0 Å². The van der Waals surface area contributed by atoms with Gasteiger partial charge in [0.1, 0.15) is 10.8 Å². The van der Waals surface area contributed by atoms with E-state index < -0.39 is 5.91 Å². The summed E-state index contributed by atoms with van der Waals surface area (Å²) in [5.74, 6) is 0.223. The van der Waals surface area contributed by atoms with Gasteiger partial charge in [-0.25, -0.2) is 0 Å². The van der Waals surface area contributed by atoms with Gasteiger partial charge in [-0.05, 0) is 61.0 Å². The minimum Gasteiger partial charge on any atom is -0.495 e. The molecule has 3 heterocycles. The Morgan fingerprint density at radius 1 is 1.29 bits per heavy atom. The lowest BCUT2D eigenvalue weighted by Gasteiger charge is -2.20. The highest BCUT2D eigenvalue weighted by Crippen LogP contribution is 2.32. The summed E-state index contributed by atoms with van der Waals surface area (Å²) in [6.07, 6.45) is 7.61. The molecule has 2 aliphatic heterocycles. The van der Waals surface area contributed by atoms with Crippen LogP contribution in [0.1, 0.15) is 38.3 Å². The maximum absolute atomic E-state index is 12.7. The Balaban J connectivity index is 1.66. The number of nitrogens with one attached hydrogen (secondary N) is 1. The lowest BCUT2D eigenvalue weighted by atomic mass is 10.1. The van der Waals surface area contributed by atoms with Crippen LogP contribution in [-0.2, 0) is 4.79 Å². The van der Waals surface area contributed by atoms with Crippen molar-refractivity contribution in [2.24, 2.45) is 10.1 Å². The molecule has 0 atom stereocenters. The molecular weight excluding hydrogens is 434 g/mol. The highest BCUT2D eigenvalue weighted by atomic mass is 35.5. The first kappa shape index (κ1) is 21.4. The van der Waals surface area contributed by atoms with Gasteiger partial charge in [0.15, 0.2) is 5.84 Å². The van der Waals surface area contributed by atoms with Crippen molar-refractivity contribution in [3.8, 4) is 11.4 Å². The molecule has 1 aromatic carbocycles. The fraction of sp³-hybridized carbons (Fsp3) is 0.273. The van der Waals surface area contributed by atoms with Crippen molar-refractivity contribution < 1.29 is 9.53 Å². The van der Waals surface area contributed by atoms with Gasteiger partial charge in [0.25, 0.3) is 5.91 Å². The van der Waals surface area contributed by atoms with Crippen LogP contribution in [0.25, 0.3) is 11.8 Å². The van der Waals surface area contributed by atoms with Crippen LogP contribution >= 0.6 is 23.4 Å². The molecule has 0 spiro atoms. The average Bonchev–Trinajstić information content (AvgIpc) is 3.38. The number of halogens is 1. The Hall–Kier alpha value is -2.84. The molecule has 0 bridgehead atoms. The van der Waals surface area contributed by atoms with E-state index in [1.807, 2.05) is 22.9 Å². The van der Waals surface area contributed by atoms with Crippen LogP contribution in [0.3, 0.4) is 0 Å². The monoisotopic (exact) mass is 455 g/mol. The first-order valence-electron chi connectivity index (χ1n) is 10.0. The second-order valence-corrected chi connectivity index (χ2v) is 8.57. The van der Waals surface area contributed by atoms with Gasteiger partial charge < -0.3 is 9.30 Å². The molecule has 1 N–H and O–H groups in total. The molecule has 0 unspecified atom stereocenters. The van der Waals surface area contributed by atoms with Gasteiger partial charge in [0.05, 0.1) is 18.4 Å². The van der Waals surface area contributed by atoms with Crippen molar-refractivity contribution >= 4 is 51.4 Å². The summed E-state index contributed by atoms with van der Waals surface area (Å²) in [7, 11) is 1.59. The minimum absolute atomic E-state index is 0.0267. The van der Waals surface area contributed by atoms with Gasteiger partial charge in [-0.1, -0.05) is 31.4 Å². The number of hydrogen-bond acceptors (Lipinski definition) is 5. The second-order valence-electron chi connectivity index (χ2n) is 7.09. The number of carbonyl (C=O) groups is 1. The Kier molecular flexibility index (Phi) is 6.29. The summed E-state index contributed by atoms with van der Waals surface area (Å²) < 4.78 is 7.32. The zero-order valence-electron chi connectivity index (χ0n) is 17.3. The van der Waals surface area contributed by atoms with E-state index in [0.717, 1.165) is 36.4 Å². The Bertz CT molecular complexity index is 1130. The third-order valence-electron chi connectivity index (χ3n) is 4.96. The van der Waals surface area contributed by atoms with Crippen molar-refractivity contribution in [2.45, 2.75) is 32.6 Å². The molecule has 31 heavy (non-hydrogen) atoms. The van der Waals surface area contributed by atoms with Crippen LogP contribution in [0.2, 0.25) is 5.02 Å². The number of amides is 1. The molecule has 1 aromatic heterocycles. The summed E-state index contributed by atoms with van der Waals surface area (Å²) in [4.78, 5) is 16.9. The van der Waals surface area contributed by atoms with Crippen LogP contribution in [-0.4, -0.2) is 38.6 Å². The maximum Gasteiger partial charge on any atom is 0.283 e. The summed E-state index contributed by atoms with van der Waals surface area (Å²) in [5.41, 5.74) is 1.62. The molecule has 2 aliphatic rings. The van der Waals surface area contributed by atoms with Crippen molar-refractivity contribution in [3.05, 3.63) is 52.8 Å². The van der Waals surface area contributed by atoms with E-state index in [1.54, 1.807) is 31.4 Å². The van der Waals surface area contributed by atoms with E-state index in [-0.39, 0.29) is 11.4 Å². The third kappa shape index (κ3) is 4.31. The number of benzene rings is 1. The van der Waals surface area contributed by atoms with Crippen LogP contribution < -0.4 is 4.74 Å². The number of unbranched alkanes of at least 4 members (excludes halogenated alkanes) is 2. The first-order valence-corrected chi connectivity index (χ1v) is 11.2. The highest BCUT2D eigenvalue weighted by molar-refractivity contribution is 8.26. The lowest BCUT2D eigenvalue weighted by Crippen LogP contribution is -2.35. The predicted octanol–water partition coefficient (Wildman–Crippen LogP) is 5.34. The quantitative estimate of drug-likeness (QED) is 0.451. The number of nitrogens with zero attached hydrogens (tertiary/aromatic N) is 4. The van der Waals surface area contributed by atoms with E-state index in [1.165, 1.54) is 16.8 Å². The zero-order valence-corrected chi connectivity index (χ0v) is 18.8. The summed E-state index contributed by atoms with van der Waals surface area (Å²) in [6.45, 7) is 2.15. The van der Waals surface area contributed by atoms with E-state index in [4.69, 9.17) is 21.7 Å². The molecule has 0 radical (unpaired) electrons. The number of rotatable bonds is 7. The minimum atomic E-state index is -0.445. The Labute approximate surface area is 189 Å². The standard InChI is InChI=1S/C22H22ClN5O2S/c1-3-4-5-8-19-26-28-20(24)16(21(29)25-22(28)31-19)13-15-7-6-11-27(15)17-12-14(23)9-10-18(17)30-2/h6-7,9-13,24H,3-5,8H2,1-2H3/b16-13+,24-20?. The van der Waals surface area contributed by atoms with Crippen molar-refractivity contribution in [1.82, 2.24) is 9.58 Å². The van der Waals surface area contributed by atoms with Crippen LogP contribution in [0.5, 0.6) is 5.75 Å². The number of methoxy groups -OCH3 is 1. The third-order valence-corrected chi connectivity index (χ3v) is 6.17. The van der Waals surface area contributed by atoms with E-state index in [0.29, 0.717) is 21.6 Å². The van der Waals surface area contributed by atoms with Gasteiger partial charge in [0, 0.05) is 16.9 Å². The normalized spacial score (nSPS) is 17.1. The van der Waals surface area contributed by atoms with E-state index in [9.17, 15) is 4.79 Å². The Morgan fingerprint density at radius 3 is 2.90 bits per heavy atom. The SMILES string of the molecule is CCCCCC1=NN2C(=N)/C(=C\c3cccn3-c3cc(Cl)ccc3OC)C(=O)N=C2S1. The number of hydrogen-bond donors (Lipinski definition) is 1. The van der Waals surface area contributed by atoms with Crippen LogP contribution in [0.15, 0.2) is 52.2 Å². The van der Waals surface area contributed by atoms with Gasteiger partial charge in [-0.15, -0.1) is 0 Å². The number of thioether (sulfide) groups is 1. The topological polar surface area (TPSA) is 83.0 Å². The smallest absolute Gasteiger partial charge is 0.283 e. The number of aromatic nitrogens is 1. The molecule has 160 valence electrons. The molecule has 0 saturated carbocycles. The fourth-order valence-corrected chi connectivity index (χ4v) is 4.48. The molecule has 1 amide bonds. The molecule has 0 aliphatic carbocycles. The number of amidine groups is 2. The van der Waals surface area contributed by atoms with Gasteiger partial charge in [0.2, 0.25) is 5.17 Å². The number of fused-ring (bicyclic) bond motifs is 1. The van der Waals surface area contributed by atoms with Gasteiger partial charge in [-0.3, -0.25) is 10.2 Å². The number of ether oxygens (including phenoxy) is 1. The molecule has 9 heteroatoms. The van der Waals surface area contributed by atoms with Crippen molar-refractivity contribution in [2.75, 3.05) is 7.11 Å². The average molecular weight is 456 g/mol. The summed E-state index contributed by atoms with van der Waals surface area (Å²) >= 11 is 7.56. The molecule has 0 fully saturated rings. The van der Waals surface area contributed by atoms with Crippen LogP contribution in [0.4, 0.5) is 0 Å². The van der Waals surface area contributed by atoms with E-state index in [2.05, 4.69) is 17.0 Å². The molecule has 4 rings (SSSR count). The van der Waals surface area contributed by atoms with Gasteiger partial charge in [-0.2, -0.15) is 15.1 Å². The molecule has 0 saturated heterocycles. The number of hydrazone groups is 1. The molecular formula is C22H22ClN5O2S. The maximum atomic E-state index is 12.7. The summed E-state index contributed by atoms with van der Waals surface area (Å²) in [5, 5.41) is 16.4. The number of aliphatic imine (C=N–C) groups is 1. The Morgan fingerprint density at radius 2 is 2.13 bits per heavy atom. The van der Waals surface area contributed by atoms with Gasteiger partial charge >= 0.3 is 0 Å².